The maximum absolute atomic E-state index is 12.6. The van der Waals surface area contributed by atoms with E-state index in [0.29, 0.717) is 4.91 Å². The number of nitrogens with zero attached hydrogens (tertiary/aromatic N) is 4. The Kier molecular flexibility index (Phi) is 6.03. The van der Waals surface area contributed by atoms with Crippen LogP contribution in [0.4, 0.5) is 0 Å². The van der Waals surface area contributed by atoms with E-state index in [4.69, 9.17) is 4.98 Å². The minimum absolute atomic E-state index is 0.0670. The molecule has 7 heterocycles. The van der Waals surface area contributed by atoms with Gasteiger partial charge in [0.25, 0.3) is 0 Å². The number of β-lactam (4-membered cyclic amide) rings is 1. The van der Waals surface area contributed by atoms with Crippen molar-refractivity contribution in [2.24, 2.45) is 11.8 Å². The molecule has 0 saturated carbocycles. The lowest BCUT2D eigenvalue weighted by molar-refractivity contribution is -1.09. The zero-order chi connectivity index (χ0) is 25.4. The second-order valence-corrected chi connectivity index (χ2v) is 14.3. The molecule has 4 atom stereocenters. The lowest BCUT2D eigenvalue weighted by Gasteiger charge is -2.55. The molecule has 0 radical (unpaired) electrons. The van der Waals surface area contributed by atoms with E-state index in [2.05, 4.69) is 5.38 Å². The van der Waals surface area contributed by atoms with E-state index in [1.54, 1.807) is 29.6 Å². The molecule has 5 aliphatic rings. The summed E-state index contributed by atoms with van der Waals surface area (Å²) in [5.74, 6) is -2.50. The van der Waals surface area contributed by atoms with Gasteiger partial charge in [0, 0.05) is 21.8 Å². The second-order valence-electron chi connectivity index (χ2n) is 10.9. The number of piperazine rings is 3. The van der Waals surface area contributed by atoms with Crippen molar-refractivity contribution in [3.8, 4) is 0 Å². The maximum atomic E-state index is 12.6. The number of aliphatic hydroxyl groups is 2. The summed E-state index contributed by atoms with van der Waals surface area (Å²) in [6, 6.07) is -0.352. The standard InChI is InChI=1S/C24H31N4O5S3/c1-13-18-16(14(2)30)21(31)26(18)19(22(32)33)20(13)35-24-25-17-15(12-34-23(17)36-24)11-28-6-3-27(4-7-28,5-8-28)9-10-29/h12-14,16,18,29-30H,3-11H2,1-2H3/q+1. The number of thioether (sulfide) groups is 1. The highest BCUT2D eigenvalue weighted by Gasteiger charge is 2.59. The lowest BCUT2D eigenvalue weighted by Crippen LogP contribution is -2.74. The fraction of sp³-hybridized carbons (Fsp3) is 0.625. The quantitative estimate of drug-likeness (QED) is 0.361. The van der Waals surface area contributed by atoms with Crippen LogP contribution in [0.25, 0.3) is 9.53 Å². The number of carboxylic acids is 1. The summed E-state index contributed by atoms with van der Waals surface area (Å²) in [6.07, 6.45) is -0.828. The van der Waals surface area contributed by atoms with Crippen LogP contribution >= 0.6 is 34.4 Å². The molecule has 4 unspecified atom stereocenters. The molecule has 2 bridgehead atoms. The zero-order valence-electron chi connectivity index (χ0n) is 20.4. The number of rotatable bonds is 8. The Hall–Kier alpha value is -1.54. The van der Waals surface area contributed by atoms with Gasteiger partial charge in [-0.2, -0.15) is 0 Å². The first-order valence-corrected chi connectivity index (χ1v) is 15.0. The molecule has 0 aromatic carbocycles. The van der Waals surface area contributed by atoms with E-state index in [9.17, 15) is 24.9 Å². The van der Waals surface area contributed by atoms with Gasteiger partial charge in [0.05, 0.1) is 36.3 Å². The number of thiazole rings is 1. The number of aliphatic hydroxyl groups excluding tert-OH is 2. The van der Waals surface area contributed by atoms with E-state index in [1.165, 1.54) is 22.2 Å². The zero-order valence-corrected chi connectivity index (χ0v) is 22.8. The van der Waals surface area contributed by atoms with E-state index in [0.717, 1.165) is 75.2 Å². The Morgan fingerprint density at radius 3 is 2.56 bits per heavy atom. The van der Waals surface area contributed by atoms with Crippen molar-refractivity contribution in [2.75, 3.05) is 52.4 Å². The Balaban J connectivity index is 1.24. The average Bonchev–Trinajstić information content (AvgIpc) is 3.47. The second kappa shape index (κ2) is 8.75. The Labute approximate surface area is 221 Å². The number of aromatic nitrogens is 1. The molecule has 2 aromatic rings. The monoisotopic (exact) mass is 551 g/mol. The van der Waals surface area contributed by atoms with Gasteiger partial charge in [-0.15, -0.1) is 11.3 Å². The summed E-state index contributed by atoms with van der Waals surface area (Å²) < 4.78 is 4.04. The summed E-state index contributed by atoms with van der Waals surface area (Å²) in [4.78, 5) is 31.5. The molecular formula is C24H31N4O5S3+. The van der Waals surface area contributed by atoms with Crippen molar-refractivity contribution in [1.82, 2.24) is 9.88 Å². The molecule has 0 aliphatic carbocycles. The normalized spacial score (nSPS) is 34.4. The van der Waals surface area contributed by atoms with Gasteiger partial charge in [0.1, 0.15) is 61.9 Å². The third-order valence-electron chi connectivity index (χ3n) is 8.91. The first-order chi connectivity index (χ1) is 17.2. The molecule has 7 rings (SSSR count). The number of aliphatic carboxylic acids is 1. The molecule has 4 saturated heterocycles. The van der Waals surface area contributed by atoms with E-state index >= 15 is 0 Å². The van der Waals surface area contributed by atoms with Crippen LogP contribution in [0.2, 0.25) is 0 Å². The minimum atomic E-state index is -1.36. The molecule has 36 heavy (non-hydrogen) atoms. The van der Waals surface area contributed by atoms with Crippen LogP contribution in [-0.4, -0.2) is 106 Å². The largest absolute Gasteiger partial charge is 0.543 e. The molecule has 194 valence electrons. The van der Waals surface area contributed by atoms with Crippen molar-refractivity contribution in [2.45, 2.75) is 36.9 Å². The van der Waals surface area contributed by atoms with Crippen molar-refractivity contribution < 1.29 is 33.9 Å². The van der Waals surface area contributed by atoms with Crippen LogP contribution in [0.15, 0.2) is 20.3 Å². The predicted molar refractivity (Wildman–Crippen MR) is 136 cm³/mol. The molecule has 9 nitrogen and oxygen atoms in total. The van der Waals surface area contributed by atoms with E-state index < -0.39 is 18.0 Å². The molecule has 2 aromatic heterocycles. The van der Waals surface area contributed by atoms with E-state index in [-0.39, 0.29) is 30.2 Å². The molecule has 12 heteroatoms. The number of thiophene rings is 1. The summed E-state index contributed by atoms with van der Waals surface area (Å²) in [7, 11) is 0. The Bertz CT molecular complexity index is 1250. The van der Waals surface area contributed by atoms with Gasteiger partial charge < -0.3 is 34.0 Å². The maximum Gasteiger partial charge on any atom is 0.235 e. The van der Waals surface area contributed by atoms with Gasteiger partial charge in [-0.05, 0) is 6.92 Å². The summed E-state index contributed by atoms with van der Waals surface area (Å²) in [5, 5.41) is 33.8. The summed E-state index contributed by atoms with van der Waals surface area (Å²) >= 11 is 4.59. The van der Waals surface area contributed by atoms with Crippen LogP contribution in [0.3, 0.4) is 0 Å². The van der Waals surface area contributed by atoms with Gasteiger partial charge in [-0.3, -0.25) is 4.79 Å². The van der Waals surface area contributed by atoms with E-state index in [1.807, 2.05) is 6.92 Å². The Morgan fingerprint density at radius 2 is 1.94 bits per heavy atom. The van der Waals surface area contributed by atoms with Gasteiger partial charge >= 0.3 is 0 Å². The first-order valence-electron chi connectivity index (χ1n) is 12.5. The number of carbonyl (C=O) groups excluding carboxylic acids is 2. The third kappa shape index (κ3) is 3.68. The van der Waals surface area contributed by atoms with Crippen LogP contribution in [-0.2, 0) is 16.1 Å². The highest BCUT2D eigenvalue weighted by atomic mass is 32.2. The topological polar surface area (TPSA) is 114 Å². The van der Waals surface area contributed by atoms with Crippen molar-refractivity contribution in [3.63, 3.8) is 0 Å². The summed E-state index contributed by atoms with van der Waals surface area (Å²) in [6.45, 7) is 12.3. The van der Waals surface area contributed by atoms with Crippen molar-refractivity contribution >= 4 is 55.8 Å². The smallest absolute Gasteiger partial charge is 0.235 e. The number of amides is 1. The first kappa shape index (κ1) is 24.8. The highest BCUT2D eigenvalue weighted by Crippen LogP contribution is 2.52. The molecular weight excluding hydrogens is 520 g/mol. The van der Waals surface area contributed by atoms with Crippen LogP contribution in [0, 0.1) is 11.8 Å². The van der Waals surface area contributed by atoms with Gasteiger partial charge in [-0.25, -0.2) is 4.98 Å². The number of fused-ring (bicyclic) bond motifs is 5. The fourth-order valence-electron chi connectivity index (χ4n) is 6.74. The number of hydrogen-bond donors (Lipinski definition) is 2. The molecule has 1 amide bonds. The molecule has 5 aliphatic heterocycles. The average molecular weight is 552 g/mol. The van der Waals surface area contributed by atoms with Gasteiger partial charge in [-0.1, -0.05) is 30.0 Å². The van der Waals surface area contributed by atoms with Crippen molar-refractivity contribution in [3.05, 3.63) is 21.5 Å². The van der Waals surface area contributed by atoms with Gasteiger partial charge in [0.15, 0.2) is 4.34 Å². The third-order valence-corrected chi connectivity index (χ3v) is 12.5. The molecule has 0 spiro atoms. The highest BCUT2D eigenvalue weighted by molar-refractivity contribution is 8.04. The molecule has 4 fully saturated rings. The van der Waals surface area contributed by atoms with Crippen LogP contribution < -0.4 is 5.11 Å². The predicted octanol–water partition coefficient (Wildman–Crippen LogP) is 0.422. The molecule has 2 N–H and O–H groups in total. The van der Waals surface area contributed by atoms with Crippen molar-refractivity contribution in [1.29, 1.82) is 0 Å². The summed E-state index contributed by atoms with van der Waals surface area (Å²) in [5.41, 5.74) is 2.20. The number of carboxylic acid groups (broad SMARTS) is 1. The number of carbonyl (C=O) groups is 2. The fourth-order valence-corrected chi connectivity index (χ4v) is 10.4. The number of quaternary nitrogens is 2. The minimum Gasteiger partial charge on any atom is -0.543 e. The lowest BCUT2D eigenvalue weighted by atomic mass is 9.79. The Morgan fingerprint density at radius 1 is 1.28 bits per heavy atom. The number of hydrogen-bond acceptors (Lipinski definition) is 9. The SMILES string of the molecule is CC(O)C1C(=O)N2C(C(=O)[O-])=C(Sc3nc4c(C[N+]56CC[N+](CCO)(CC5)CC6)csc4s3)C(C)C12. The van der Waals surface area contributed by atoms with Crippen LogP contribution in [0.5, 0.6) is 0 Å². The van der Waals surface area contributed by atoms with Gasteiger partial charge in [0.2, 0.25) is 5.91 Å². The van der Waals surface area contributed by atoms with Crippen LogP contribution in [0.1, 0.15) is 19.4 Å².